The number of halogens is 1. The fourth-order valence-electron chi connectivity index (χ4n) is 2.40. The van der Waals surface area contributed by atoms with E-state index in [0.717, 1.165) is 22.4 Å². The van der Waals surface area contributed by atoms with Crippen molar-refractivity contribution < 1.29 is 9.13 Å². The zero-order valence-electron chi connectivity index (χ0n) is 13.1. The van der Waals surface area contributed by atoms with Gasteiger partial charge in [0.2, 0.25) is 0 Å². The van der Waals surface area contributed by atoms with Gasteiger partial charge >= 0.3 is 0 Å². The minimum Gasteiger partial charge on any atom is -0.489 e. The zero-order chi connectivity index (χ0) is 16.9. The van der Waals surface area contributed by atoms with Crippen molar-refractivity contribution in [1.29, 1.82) is 0 Å². The second-order valence-electron chi connectivity index (χ2n) is 5.51. The van der Waals surface area contributed by atoms with Gasteiger partial charge in [-0.2, -0.15) is 0 Å². The van der Waals surface area contributed by atoms with Crippen LogP contribution in [0, 0.1) is 5.82 Å². The zero-order valence-corrected chi connectivity index (χ0v) is 13.1. The Hall–Kier alpha value is -3.08. The molecule has 2 aromatic carbocycles. The van der Waals surface area contributed by atoms with Crippen molar-refractivity contribution in [3.63, 3.8) is 0 Å². The summed E-state index contributed by atoms with van der Waals surface area (Å²) in [5.41, 5.74) is 15.0. The lowest BCUT2D eigenvalue weighted by atomic mass is 10.0. The molecule has 0 aliphatic heterocycles. The smallest absolute Gasteiger partial charge is 0.146 e. The van der Waals surface area contributed by atoms with Gasteiger partial charge in [-0.25, -0.2) is 9.37 Å². The number of hydrogen-bond acceptors (Lipinski definition) is 4. The maximum atomic E-state index is 13.1. The molecule has 0 spiro atoms. The Morgan fingerprint density at radius 1 is 0.958 bits per heavy atom. The van der Waals surface area contributed by atoms with E-state index in [1.165, 1.54) is 12.1 Å². The minimum atomic E-state index is -0.263. The normalized spacial score (nSPS) is 10.5. The van der Waals surface area contributed by atoms with Crippen molar-refractivity contribution in [3.05, 3.63) is 83.3 Å². The lowest BCUT2D eigenvalue weighted by Crippen LogP contribution is -2.02. The largest absolute Gasteiger partial charge is 0.489 e. The van der Waals surface area contributed by atoms with Gasteiger partial charge in [-0.1, -0.05) is 24.3 Å². The monoisotopic (exact) mass is 323 g/mol. The third-order valence-electron chi connectivity index (χ3n) is 3.72. The lowest BCUT2D eigenvalue weighted by molar-refractivity contribution is 0.305. The molecule has 4 N–H and O–H groups in total. The molecule has 4 nitrogen and oxygen atoms in total. The number of benzene rings is 2. The van der Waals surface area contributed by atoms with Crippen LogP contribution in [-0.2, 0) is 13.0 Å². The molecule has 0 unspecified atom stereocenters. The van der Waals surface area contributed by atoms with Crippen LogP contribution in [0.25, 0.3) is 0 Å². The number of aromatic nitrogens is 1. The third kappa shape index (κ3) is 3.81. The summed E-state index contributed by atoms with van der Waals surface area (Å²) >= 11 is 0. The van der Waals surface area contributed by atoms with Crippen LogP contribution in [0.3, 0.4) is 0 Å². The quantitative estimate of drug-likeness (QED) is 0.753. The Morgan fingerprint density at radius 3 is 2.50 bits per heavy atom. The first-order valence-electron chi connectivity index (χ1n) is 7.57. The Bertz CT molecular complexity index is 834. The molecule has 0 bridgehead atoms. The molecule has 0 aliphatic rings. The van der Waals surface area contributed by atoms with Crippen LogP contribution in [0.5, 0.6) is 5.75 Å². The van der Waals surface area contributed by atoms with Crippen LogP contribution >= 0.6 is 0 Å². The summed E-state index contributed by atoms with van der Waals surface area (Å²) < 4.78 is 18.8. The molecule has 24 heavy (non-hydrogen) atoms. The molecule has 0 aliphatic carbocycles. The van der Waals surface area contributed by atoms with Crippen molar-refractivity contribution in [2.45, 2.75) is 13.0 Å². The fourth-order valence-corrected chi connectivity index (χ4v) is 2.40. The van der Waals surface area contributed by atoms with Crippen LogP contribution < -0.4 is 16.2 Å². The van der Waals surface area contributed by atoms with E-state index in [4.69, 9.17) is 16.2 Å². The van der Waals surface area contributed by atoms with Gasteiger partial charge in [-0.05, 0) is 53.4 Å². The van der Waals surface area contributed by atoms with E-state index in [2.05, 4.69) is 4.98 Å². The number of nitrogen functional groups attached to an aromatic ring is 2. The Morgan fingerprint density at radius 2 is 1.75 bits per heavy atom. The molecule has 0 radical (unpaired) electrons. The molecule has 0 amide bonds. The van der Waals surface area contributed by atoms with Gasteiger partial charge in [0.1, 0.15) is 24.0 Å². The van der Waals surface area contributed by atoms with E-state index in [9.17, 15) is 4.39 Å². The molecule has 1 heterocycles. The molecule has 122 valence electrons. The van der Waals surface area contributed by atoms with E-state index in [0.29, 0.717) is 24.5 Å². The molecule has 5 heteroatoms. The molecule has 3 rings (SSSR count). The third-order valence-corrected chi connectivity index (χ3v) is 3.72. The van der Waals surface area contributed by atoms with Crippen molar-refractivity contribution in [1.82, 2.24) is 4.98 Å². The second-order valence-corrected chi connectivity index (χ2v) is 5.51. The molecule has 0 saturated carbocycles. The van der Waals surface area contributed by atoms with Crippen molar-refractivity contribution in [3.8, 4) is 5.75 Å². The van der Waals surface area contributed by atoms with Gasteiger partial charge in [0.25, 0.3) is 0 Å². The Balaban J connectivity index is 1.64. The van der Waals surface area contributed by atoms with Gasteiger partial charge in [0, 0.05) is 6.20 Å². The minimum absolute atomic E-state index is 0.263. The highest BCUT2D eigenvalue weighted by Gasteiger charge is 2.05. The number of pyridine rings is 1. The van der Waals surface area contributed by atoms with Crippen LogP contribution in [0.1, 0.15) is 16.7 Å². The summed E-state index contributed by atoms with van der Waals surface area (Å²) in [6, 6.07) is 15.9. The Kier molecular flexibility index (Phi) is 4.61. The van der Waals surface area contributed by atoms with Crippen LogP contribution in [0.4, 0.5) is 15.9 Å². The highest BCUT2D eigenvalue weighted by Crippen LogP contribution is 2.22. The van der Waals surface area contributed by atoms with E-state index >= 15 is 0 Å². The molecular weight excluding hydrogens is 305 g/mol. The molecule has 1 aromatic heterocycles. The van der Waals surface area contributed by atoms with Crippen molar-refractivity contribution in [2.75, 3.05) is 11.5 Å². The summed E-state index contributed by atoms with van der Waals surface area (Å²) in [7, 11) is 0. The first kappa shape index (κ1) is 15.8. The van der Waals surface area contributed by atoms with E-state index in [1.807, 2.05) is 36.4 Å². The number of hydrogen-bond donors (Lipinski definition) is 2. The van der Waals surface area contributed by atoms with Gasteiger partial charge < -0.3 is 16.2 Å². The maximum Gasteiger partial charge on any atom is 0.146 e. The molecule has 0 atom stereocenters. The predicted octanol–water partition coefficient (Wildman–Crippen LogP) is 3.55. The van der Waals surface area contributed by atoms with Gasteiger partial charge in [-0.15, -0.1) is 0 Å². The number of ether oxygens (including phenoxy) is 1. The molecular formula is C19H18FN3O. The topological polar surface area (TPSA) is 74.2 Å². The average Bonchev–Trinajstić information content (AvgIpc) is 2.58. The first-order valence-corrected chi connectivity index (χ1v) is 7.57. The number of rotatable bonds is 5. The first-order chi connectivity index (χ1) is 11.6. The summed E-state index contributed by atoms with van der Waals surface area (Å²) in [6.45, 7) is 0.324. The maximum absolute atomic E-state index is 13.1. The number of anilines is 2. The average molecular weight is 323 g/mol. The molecule has 0 fully saturated rings. The lowest BCUT2D eigenvalue weighted by Gasteiger charge is -2.09. The highest BCUT2D eigenvalue weighted by molar-refractivity contribution is 5.63. The Labute approximate surface area is 139 Å². The van der Waals surface area contributed by atoms with Crippen LogP contribution in [0.15, 0.2) is 60.8 Å². The van der Waals surface area contributed by atoms with E-state index < -0.39 is 0 Å². The standard InChI is InChI=1S/C19H18FN3O/c20-16-3-1-2-14(11-16)12-24-17-6-4-13(5-7-17)10-15-8-9-23-19(22)18(15)21/h1-9,11H,10,12,21H2,(H2,22,23). The summed E-state index contributed by atoms with van der Waals surface area (Å²) in [6.07, 6.45) is 2.32. The fraction of sp³-hybridized carbons (Fsp3) is 0.105. The van der Waals surface area contributed by atoms with Gasteiger partial charge in [-0.3, -0.25) is 0 Å². The van der Waals surface area contributed by atoms with Gasteiger partial charge in [0.05, 0.1) is 5.69 Å². The van der Waals surface area contributed by atoms with Crippen molar-refractivity contribution >= 4 is 11.5 Å². The predicted molar refractivity (Wildman–Crippen MR) is 93.0 cm³/mol. The van der Waals surface area contributed by atoms with Crippen LogP contribution in [0.2, 0.25) is 0 Å². The summed E-state index contributed by atoms with van der Waals surface area (Å²) in [4.78, 5) is 3.96. The van der Waals surface area contributed by atoms with E-state index in [1.54, 1.807) is 12.3 Å². The highest BCUT2D eigenvalue weighted by atomic mass is 19.1. The number of nitrogens with zero attached hydrogens (tertiary/aromatic N) is 1. The number of nitrogens with two attached hydrogens (primary N) is 2. The summed E-state index contributed by atoms with van der Waals surface area (Å²) in [5, 5.41) is 0. The summed E-state index contributed by atoms with van der Waals surface area (Å²) in [5.74, 6) is 0.813. The van der Waals surface area contributed by atoms with Crippen molar-refractivity contribution in [2.24, 2.45) is 0 Å². The van der Waals surface area contributed by atoms with Gasteiger partial charge in [0.15, 0.2) is 0 Å². The van der Waals surface area contributed by atoms with E-state index in [-0.39, 0.29) is 5.82 Å². The molecule has 3 aromatic rings. The SMILES string of the molecule is Nc1nccc(Cc2ccc(OCc3cccc(F)c3)cc2)c1N. The second kappa shape index (κ2) is 7.00. The van der Waals surface area contributed by atoms with Crippen LogP contribution in [-0.4, -0.2) is 4.98 Å². The molecule has 0 saturated heterocycles.